The number of H-pyrrole nitrogens is 1. The zero-order valence-corrected chi connectivity index (χ0v) is 13.6. The van der Waals surface area contributed by atoms with Gasteiger partial charge in [0.25, 0.3) is 0 Å². The van der Waals surface area contributed by atoms with E-state index in [-0.39, 0.29) is 0 Å². The van der Waals surface area contributed by atoms with Crippen LogP contribution in [0.2, 0.25) is 0 Å². The van der Waals surface area contributed by atoms with E-state index in [0.717, 1.165) is 22.4 Å². The van der Waals surface area contributed by atoms with Gasteiger partial charge < -0.3 is 4.98 Å². The third-order valence-corrected chi connectivity index (χ3v) is 3.86. The van der Waals surface area contributed by atoms with Gasteiger partial charge in [0.15, 0.2) is 0 Å². The van der Waals surface area contributed by atoms with E-state index in [0.29, 0.717) is 12.4 Å². The minimum Gasteiger partial charge on any atom is -0.323 e. The van der Waals surface area contributed by atoms with Crippen LogP contribution in [-0.2, 0) is 6.42 Å². The van der Waals surface area contributed by atoms with Gasteiger partial charge in [0.1, 0.15) is 0 Å². The number of aromatic nitrogens is 3. The molecule has 5 nitrogen and oxygen atoms in total. The fourth-order valence-electron chi connectivity index (χ4n) is 2.64. The standard InChI is InChI=1S/C20H17N5/c1-2-8-15(9-3-1)14-19(16-10-6-7-13-21-16)24-25-20-22-17-11-4-5-12-18(17)23-20/h1-13H,14H2,(H2,22,23,25)/b24-19+. The van der Waals surface area contributed by atoms with E-state index in [1.165, 1.54) is 5.56 Å². The molecule has 0 aliphatic carbocycles. The summed E-state index contributed by atoms with van der Waals surface area (Å²) in [4.78, 5) is 12.1. The number of hydrogen-bond donors (Lipinski definition) is 2. The zero-order chi connectivity index (χ0) is 16.9. The van der Waals surface area contributed by atoms with Crippen molar-refractivity contribution in [3.8, 4) is 0 Å². The molecule has 4 rings (SSSR count). The summed E-state index contributed by atoms with van der Waals surface area (Å²) in [6.45, 7) is 0. The highest BCUT2D eigenvalue weighted by molar-refractivity contribution is 6.00. The average molecular weight is 327 g/mol. The van der Waals surface area contributed by atoms with Gasteiger partial charge in [-0.25, -0.2) is 10.4 Å². The van der Waals surface area contributed by atoms with Crippen molar-refractivity contribution in [2.75, 3.05) is 5.43 Å². The summed E-state index contributed by atoms with van der Waals surface area (Å²) in [5, 5.41) is 4.57. The summed E-state index contributed by atoms with van der Waals surface area (Å²) in [5.74, 6) is 0.614. The summed E-state index contributed by atoms with van der Waals surface area (Å²) in [7, 11) is 0. The quantitative estimate of drug-likeness (QED) is 0.430. The van der Waals surface area contributed by atoms with Crippen molar-refractivity contribution < 1.29 is 0 Å². The molecule has 0 unspecified atom stereocenters. The van der Waals surface area contributed by atoms with Gasteiger partial charge in [0, 0.05) is 12.6 Å². The monoisotopic (exact) mass is 327 g/mol. The summed E-state index contributed by atoms with van der Waals surface area (Å²) < 4.78 is 0. The number of imidazole rings is 1. The second-order valence-corrected chi connectivity index (χ2v) is 5.65. The van der Waals surface area contributed by atoms with Crippen LogP contribution in [0.4, 0.5) is 5.95 Å². The molecule has 0 aliphatic rings. The first kappa shape index (κ1) is 15.1. The highest BCUT2D eigenvalue weighted by Crippen LogP contribution is 2.14. The molecule has 25 heavy (non-hydrogen) atoms. The molecule has 2 aromatic carbocycles. The van der Waals surface area contributed by atoms with E-state index in [2.05, 4.69) is 37.6 Å². The van der Waals surface area contributed by atoms with Crippen molar-refractivity contribution in [3.05, 3.63) is 90.3 Å². The Morgan fingerprint density at radius 2 is 1.72 bits per heavy atom. The molecule has 122 valence electrons. The minimum atomic E-state index is 0.614. The molecule has 0 saturated heterocycles. The number of nitrogens with zero attached hydrogens (tertiary/aromatic N) is 3. The number of rotatable bonds is 5. The topological polar surface area (TPSA) is 66.0 Å². The number of hydrogen-bond acceptors (Lipinski definition) is 4. The first-order valence-electron chi connectivity index (χ1n) is 8.11. The second kappa shape index (κ2) is 6.97. The lowest BCUT2D eigenvalue weighted by molar-refractivity contribution is 1.16. The van der Waals surface area contributed by atoms with Crippen LogP contribution < -0.4 is 5.43 Å². The Morgan fingerprint density at radius 1 is 0.920 bits per heavy atom. The molecule has 0 radical (unpaired) electrons. The number of aromatic amines is 1. The van der Waals surface area contributed by atoms with Crippen molar-refractivity contribution in [1.29, 1.82) is 0 Å². The average Bonchev–Trinajstić information content (AvgIpc) is 3.09. The lowest BCUT2D eigenvalue weighted by atomic mass is 10.1. The van der Waals surface area contributed by atoms with Gasteiger partial charge in [-0.15, -0.1) is 0 Å². The molecule has 0 fully saturated rings. The molecule has 2 N–H and O–H groups in total. The Bertz CT molecular complexity index is 957. The van der Waals surface area contributed by atoms with Crippen LogP contribution in [0.1, 0.15) is 11.3 Å². The summed E-state index contributed by atoms with van der Waals surface area (Å²) in [6, 6.07) is 23.9. The Labute approximate surface area is 145 Å². The lowest BCUT2D eigenvalue weighted by Gasteiger charge is -2.06. The van der Waals surface area contributed by atoms with Crippen molar-refractivity contribution >= 4 is 22.7 Å². The van der Waals surface area contributed by atoms with Gasteiger partial charge >= 0.3 is 0 Å². The fourth-order valence-corrected chi connectivity index (χ4v) is 2.64. The molecule has 0 amide bonds. The number of nitrogens with one attached hydrogen (secondary N) is 2. The van der Waals surface area contributed by atoms with E-state index in [9.17, 15) is 0 Å². The van der Waals surface area contributed by atoms with Crippen LogP contribution in [0.3, 0.4) is 0 Å². The first-order chi connectivity index (χ1) is 12.4. The molecular formula is C20H17N5. The minimum absolute atomic E-state index is 0.614. The predicted molar refractivity (Wildman–Crippen MR) is 101 cm³/mol. The molecule has 0 spiro atoms. The van der Waals surface area contributed by atoms with E-state index >= 15 is 0 Å². The van der Waals surface area contributed by atoms with E-state index in [1.54, 1.807) is 6.20 Å². The van der Waals surface area contributed by atoms with Crippen LogP contribution in [-0.4, -0.2) is 20.7 Å². The Morgan fingerprint density at radius 3 is 2.52 bits per heavy atom. The van der Waals surface area contributed by atoms with E-state index in [1.807, 2.05) is 60.7 Å². The summed E-state index contributed by atoms with van der Waals surface area (Å²) >= 11 is 0. The number of benzene rings is 2. The smallest absolute Gasteiger partial charge is 0.222 e. The van der Waals surface area contributed by atoms with Crippen LogP contribution in [0.5, 0.6) is 0 Å². The third-order valence-electron chi connectivity index (χ3n) is 3.86. The van der Waals surface area contributed by atoms with Crippen LogP contribution in [0.25, 0.3) is 11.0 Å². The highest BCUT2D eigenvalue weighted by Gasteiger charge is 2.07. The lowest BCUT2D eigenvalue weighted by Crippen LogP contribution is -2.10. The number of anilines is 1. The van der Waals surface area contributed by atoms with Gasteiger partial charge in [-0.05, 0) is 29.8 Å². The molecule has 0 saturated carbocycles. The van der Waals surface area contributed by atoms with Gasteiger partial charge in [0.2, 0.25) is 5.95 Å². The predicted octanol–water partition coefficient (Wildman–Crippen LogP) is 4.02. The molecule has 0 atom stereocenters. The molecule has 0 aliphatic heterocycles. The Balaban J connectivity index is 1.63. The van der Waals surface area contributed by atoms with Gasteiger partial charge in [-0.3, -0.25) is 4.98 Å². The molecule has 2 aromatic heterocycles. The number of hydrazone groups is 1. The van der Waals surface area contributed by atoms with Crippen molar-refractivity contribution in [1.82, 2.24) is 15.0 Å². The molecule has 4 aromatic rings. The SMILES string of the molecule is c1ccc(C/C(=N\Nc2nc3ccccc3[nH]2)c2ccccn2)cc1. The fraction of sp³-hybridized carbons (Fsp3) is 0.0500. The highest BCUT2D eigenvalue weighted by atomic mass is 15.4. The van der Waals surface area contributed by atoms with E-state index < -0.39 is 0 Å². The van der Waals surface area contributed by atoms with Crippen molar-refractivity contribution in [3.63, 3.8) is 0 Å². The number of pyridine rings is 1. The first-order valence-corrected chi connectivity index (χ1v) is 8.11. The molecule has 5 heteroatoms. The Hall–Kier alpha value is -3.47. The molecule has 2 heterocycles. The summed E-state index contributed by atoms with van der Waals surface area (Å²) in [5.41, 5.74) is 7.79. The maximum absolute atomic E-state index is 4.57. The second-order valence-electron chi connectivity index (χ2n) is 5.65. The van der Waals surface area contributed by atoms with Crippen LogP contribution in [0, 0.1) is 0 Å². The maximum Gasteiger partial charge on any atom is 0.222 e. The maximum atomic E-state index is 4.57. The zero-order valence-electron chi connectivity index (χ0n) is 13.6. The van der Waals surface area contributed by atoms with Gasteiger partial charge in [0.05, 0.1) is 22.4 Å². The summed E-state index contributed by atoms with van der Waals surface area (Å²) in [6.07, 6.45) is 2.46. The molecule has 0 bridgehead atoms. The van der Waals surface area contributed by atoms with E-state index in [4.69, 9.17) is 0 Å². The van der Waals surface area contributed by atoms with Crippen molar-refractivity contribution in [2.24, 2.45) is 5.10 Å². The normalized spacial score (nSPS) is 11.6. The van der Waals surface area contributed by atoms with Crippen LogP contribution in [0.15, 0.2) is 84.1 Å². The largest absolute Gasteiger partial charge is 0.323 e. The van der Waals surface area contributed by atoms with Gasteiger partial charge in [-0.2, -0.15) is 5.10 Å². The molecular weight excluding hydrogens is 310 g/mol. The van der Waals surface area contributed by atoms with Crippen molar-refractivity contribution in [2.45, 2.75) is 6.42 Å². The van der Waals surface area contributed by atoms with Crippen LogP contribution >= 0.6 is 0 Å². The number of fused-ring (bicyclic) bond motifs is 1. The Kier molecular flexibility index (Phi) is 4.20. The number of para-hydroxylation sites is 2. The third kappa shape index (κ3) is 3.55. The van der Waals surface area contributed by atoms with Gasteiger partial charge in [-0.1, -0.05) is 48.5 Å².